The summed E-state index contributed by atoms with van der Waals surface area (Å²) < 4.78 is 25.0. The third-order valence-electron chi connectivity index (χ3n) is 3.27. The molecule has 1 N–H and O–H groups in total. The van der Waals surface area contributed by atoms with E-state index in [2.05, 4.69) is 5.32 Å². The quantitative estimate of drug-likeness (QED) is 0.868. The third-order valence-corrected chi connectivity index (χ3v) is 4.46. The molecule has 0 atom stereocenters. The number of carbonyl (C=O) groups excluding carboxylic acids is 1. The van der Waals surface area contributed by atoms with E-state index in [-0.39, 0.29) is 13.1 Å². The summed E-state index contributed by atoms with van der Waals surface area (Å²) in [5.41, 5.74) is 1.66. The van der Waals surface area contributed by atoms with E-state index in [1.165, 1.54) is 6.07 Å². The second-order valence-corrected chi connectivity index (χ2v) is 7.24. The molecule has 0 unspecified atom stereocenters. The zero-order valence-electron chi connectivity index (χ0n) is 13.1. The smallest absolute Gasteiger partial charge is 0.239 e. The van der Waals surface area contributed by atoms with Gasteiger partial charge >= 0.3 is 0 Å². The molecule has 0 fully saturated rings. The van der Waals surface area contributed by atoms with Crippen molar-refractivity contribution >= 4 is 21.6 Å². The number of hydrogen-bond acceptors (Lipinski definition) is 4. The van der Waals surface area contributed by atoms with Crippen molar-refractivity contribution in [2.75, 3.05) is 18.1 Å². The molecule has 0 aliphatic carbocycles. The molecule has 0 saturated heterocycles. The lowest BCUT2D eigenvalue weighted by Gasteiger charge is -2.19. The highest BCUT2D eigenvalue weighted by Crippen LogP contribution is 2.12. The lowest BCUT2D eigenvalue weighted by atomic mass is 10.2. The molecule has 0 spiro atoms. The van der Waals surface area contributed by atoms with E-state index in [4.69, 9.17) is 5.26 Å². The van der Waals surface area contributed by atoms with Gasteiger partial charge in [0.05, 0.1) is 24.4 Å². The summed E-state index contributed by atoms with van der Waals surface area (Å²) in [6, 6.07) is 17.5. The van der Waals surface area contributed by atoms with Crippen molar-refractivity contribution in [1.29, 1.82) is 5.26 Å². The molecule has 0 aromatic heterocycles. The van der Waals surface area contributed by atoms with Crippen molar-refractivity contribution in [2.45, 2.75) is 6.54 Å². The van der Waals surface area contributed by atoms with Gasteiger partial charge in [-0.3, -0.25) is 4.79 Å². The van der Waals surface area contributed by atoms with Gasteiger partial charge in [0.15, 0.2) is 0 Å². The second kappa shape index (κ2) is 7.73. The molecule has 124 valence electrons. The Labute approximate surface area is 141 Å². The van der Waals surface area contributed by atoms with Crippen molar-refractivity contribution in [2.24, 2.45) is 0 Å². The van der Waals surface area contributed by atoms with Crippen molar-refractivity contribution < 1.29 is 13.2 Å². The Balaban J connectivity index is 2.09. The normalized spacial score (nSPS) is 11.0. The zero-order valence-corrected chi connectivity index (χ0v) is 14.0. The van der Waals surface area contributed by atoms with E-state index in [1.54, 1.807) is 30.3 Å². The summed E-state index contributed by atoms with van der Waals surface area (Å²) in [6.07, 6.45) is 1.07. The lowest BCUT2D eigenvalue weighted by Crippen LogP contribution is -2.36. The number of rotatable bonds is 6. The molecule has 24 heavy (non-hydrogen) atoms. The maximum absolute atomic E-state index is 12.2. The van der Waals surface area contributed by atoms with Crippen LogP contribution in [0.2, 0.25) is 0 Å². The van der Waals surface area contributed by atoms with Crippen LogP contribution in [0, 0.1) is 11.3 Å². The van der Waals surface area contributed by atoms with E-state index >= 15 is 0 Å². The molecule has 2 aromatic carbocycles. The molecule has 2 aromatic rings. The van der Waals surface area contributed by atoms with Crippen LogP contribution in [-0.2, 0) is 21.4 Å². The number of carbonyl (C=O) groups is 1. The van der Waals surface area contributed by atoms with Gasteiger partial charge in [0.25, 0.3) is 0 Å². The van der Waals surface area contributed by atoms with E-state index in [1.807, 2.05) is 24.3 Å². The highest BCUT2D eigenvalue weighted by molar-refractivity contribution is 7.88. The highest BCUT2D eigenvalue weighted by Gasteiger charge is 2.20. The Bertz CT molecular complexity index is 858. The second-order valence-electron chi connectivity index (χ2n) is 5.26. The standard InChI is InChI=1S/C17H17N3O3S/c1-24(22,23)20(12-14-6-3-2-4-7-14)13-17(21)19-16-9-5-8-15(10-16)11-18/h2-10H,12-13H2,1H3,(H,19,21). The molecule has 6 nitrogen and oxygen atoms in total. The number of nitrogens with zero attached hydrogens (tertiary/aromatic N) is 2. The Morgan fingerprint density at radius 2 is 1.88 bits per heavy atom. The van der Waals surface area contributed by atoms with Gasteiger partial charge in [-0.2, -0.15) is 9.57 Å². The molecule has 1 amide bonds. The van der Waals surface area contributed by atoms with E-state index in [0.29, 0.717) is 11.3 Å². The van der Waals surface area contributed by atoms with Gasteiger partial charge in [-0.05, 0) is 23.8 Å². The topological polar surface area (TPSA) is 90.3 Å². The summed E-state index contributed by atoms with van der Waals surface area (Å²) in [7, 11) is -3.54. The number of nitriles is 1. The largest absolute Gasteiger partial charge is 0.325 e. The predicted octanol–water partition coefficient (Wildman–Crippen LogP) is 1.96. The minimum Gasteiger partial charge on any atom is -0.325 e. The Kier molecular flexibility index (Phi) is 5.68. The fourth-order valence-corrected chi connectivity index (χ4v) is 2.84. The SMILES string of the molecule is CS(=O)(=O)N(CC(=O)Nc1cccc(C#N)c1)Cc1ccccc1. The average Bonchev–Trinajstić information content (AvgIpc) is 2.54. The predicted molar refractivity (Wildman–Crippen MR) is 91.5 cm³/mol. The number of sulfonamides is 1. The van der Waals surface area contributed by atoms with E-state index in [0.717, 1.165) is 16.1 Å². The van der Waals surface area contributed by atoms with Gasteiger partial charge in [0, 0.05) is 12.2 Å². The molecular formula is C17H17N3O3S. The highest BCUT2D eigenvalue weighted by atomic mass is 32.2. The molecule has 0 aliphatic heterocycles. The van der Waals surface area contributed by atoms with Crippen LogP contribution in [0.1, 0.15) is 11.1 Å². The molecule has 0 bridgehead atoms. The van der Waals surface area contributed by atoms with Crippen molar-refractivity contribution in [3.8, 4) is 6.07 Å². The lowest BCUT2D eigenvalue weighted by molar-refractivity contribution is -0.116. The average molecular weight is 343 g/mol. The van der Waals surface area contributed by atoms with Crippen molar-refractivity contribution in [1.82, 2.24) is 4.31 Å². The number of amides is 1. The van der Waals surface area contributed by atoms with Gasteiger partial charge in [-0.25, -0.2) is 8.42 Å². The molecule has 0 aliphatic rings. The van der Waals surface area contributed by atoms with Crippen LogP contribution in [0.5, 0.6) is 0 Å². The first-order chi connectivity index (χ1) is 11.4. The first kappa shape index (κ1) is 17.7. The van der Waals surface area contributed by atoms with E-state index in [9.17, 15) is 13.2 Å². The fourth-order valence-electron chi connectivity index (χ4n) is 2.10. The minimum atomic E-state index is -3.54. The van der Waals surface area contributed by atoms with E-state index < -0.39 is 15.9 Å². The number of anilines is 1. The van der Waals surface area contributed by atoms with Crippen LogP contribution in [-0.4, -0.2) is 31.4 Å². The van der Waals surface area contributed by atoms with Gasteiger partial charge in [-0.1, -0.05) is 36.4 Å². The first-order valence-electron chi connectivity index (χ1n) is 7.17. The number of benzene rings is 2. The van der Waals surface area contributed by atoms with Crippen LogP contribution in [0.4, 0.5) is 5.69 Å². The molecule has 0 heterocycles. The molecule has 0 radical (unpaired) electrons. The number of hydrogen-bond donors (Lipinski definition) is 1. The summed E-state index contributed by atoms with van der Waals surface area (Å²) in [5.74, 6) is -0.466. The molecule has 2 rings (SSSR count). The van der Waals surface area contributed by atoms with Gasteiger partial charge in [0.1, 0.15) is 0 Å². The minimum absolute atomic E-state index is 0.116. The maximum Gasteiger partial charge on any atom is 0.239 e. The summed E-state index contributed by atoms with van der Waals surface area (Å²) in [6.45, 7) is -0.185. The van der Waals surface area contributed by atoms with Crippen LogP contribution < -0.4 is 5.32 Å². The van der Waals surface area contributed by atoms with Gasteiger partial charge in [0.2, 0.25) is 15.9 Å². The Morgan fingerprint density at radius 1 is 1.17 bits per heavy atom. The maximum atomic E-state index is 12.2. The summed E-state index contributed by atoms with van der Waals surface area (Å²) in [4.78, 5) is 12.2. The van der Waals surface area contributed by atoms with Crippen LogP contribution in [0.15, 0.2) is 54.6 Å². The van der Waals surface area contributed by atoms with Crippen LogP contribution in [0.3, 0.4) is 0 Å². The Morgan fingerprint density at radius 3 is 2.50 bits per heavy atom. The molecular weight excluding hydrogens is 326 g/mol. The van der Waals surface area contributed by atoms with Crippen LogP contribution in [0.25, 0.3) is 0 Å². The zero-order chi connectivity index (χ0) is 17.6. The molecule has 0 saturated carbocycles. The van der Waals surface area contributed by atoms with Gasteiger partial charge < -0.3 is 5.32 Å². The van der Waals surface area contributed by atoms with Crippen molar-refractivity contribution in [3.63, 3.8) is 0 Å². The monoisotopic (exact) mass is 343 g/mol. The number of nitrogens with one attached hydrogen (secondary N) is 1. The fraction of sp³-hybridized carbons (Fsp3) is 0.176. The third kappa shape index (κ3) is 5.19. The first-order valence-corrected chi connectivity index (χ1v) is 9.02. The molecule has 7 heteroatoms. The summed E-state index contributed by atoms with van der Waals surface area (Å²) in [5, 5.41) is 11.5. The summed E-state index contributed by atoms with van der Waals surface area (Å²) >= 11 is 0. The Hall–Kier alpha value is -2.69. The van der Waals surface area contributed by atoms with Gasteiger partial charge in [-0.15, -0.1) is 0 Å². The van der Waals surface area contributed by atoms with Crippen molar-refractivity contribution in [3.05, 3.63) is 65.7 Å². The van der Waals surface area contributed by atoms with Crippen LogP contribution >= 0.6 is 0 Å².